The van der Waals surface area contributed by atoms with E-state index in [1.54, 1.807) is 11.3 Å². The van der Waals surface area contributed by atoms with E-state index in [2.05, 4.69) is 29.2 Å². The maximum Gasteiger partial charge on any atom is 0.185 e. The van der Waals surface area contributed by atoms with Gasteiger partial charge in [-0.05, 0) is 19.4 Å². The van der Waals surface area contributed by atoms with Crippen LogP contribution in [0.15, 0.2) is 6.20 Å². The van der Waals surface area contributed by atoms with Crippen LogP contribution in [0.2, 0.25) is 0 Å². The van der Waals surface area contributed by atoms with Gasteiger partial charge in [0.05, 0.1) is 12.6 Å². The van der Waals surface area contributed by atoms with E-state index in [1.165, 1.54) is 11.3 Å². The fraction of sp³-hybridized carbons (Fsp3) is 0.750. The molecule has 0 amide bonds. The first-order valence-electron chi connectivity index (χ1n) is 6.27. The quantitative estimate of drug-likeness (QED) is 0.787. The molecule has 0 spiro atoms. The van der Waals surface area contributed by atoms with Gasteiger partial charge in [0.15, 0.2) is 5.13 Å². The van der Waals surface area contributed by atoms with Gasteiger partial charge in [-0.2, -0.15) is 0 Å². The van der Waals surface area contributed by atoms with Crippen LogP contribution in [0.25, 0.3) is 0 Å². The van der Waals surface area contributed by atoms with E-state index in [0.717, 1.165) is 37.9 Å². The first-order chi connectivity index (χ1) is 8.31. The standard InChI is InChI=1S/C12H21N3OS/c1-3-5-13-7-11-8-14-12(17-11)15(2)10-4-6-16-9-10/h8,10,13H,3-7,9H2,1-2H3. The molecule has 1 aliphatic rings. The van der Waals surface area contributed by atoms with Crippen LogP contribution in [0, 0.1) is 0 Å². The van der Waals surface area contributed by atoms with E-state index < -0.39 is 0 Å². The van der Waals surface area contributed by atoms with Crippen molar-refractivity contribution in [3.63, 3.8) is 0 Å². The van der Waals surface area contributed by atoms with Gasteiger partial charge in [0.2, 0.25) is 0 Å². The highest BCUT2D eigenvalue weighted by molar-refractivity contribution is 7.15. The van der Waals surface area contributed by atoms with E-state index in [0.29, 0.717) is 6.04 Å². The van der Waals surface area contributed by atoms with Crippen LogP contribution in [-0.2, 0) is 11.3 Å². The van der Waals surface area contributed by atoms with Crippen molar-refractivity contribution in [2.24, 2.45) is 0 Å². The average molecular weight is 255 g/mol. The second kappa shape index (κ2) is 6.33. The van der Waals surface area contributed by atoms with Crippen molar-refractivity contribution >= 4 is 16.5 Å². The molecule has 0 bridgehead atoms. The number of hydrogen-bond acceptors (Lipinski definition) is 5. The summed E-state index contributed by atoms with van der Waals surface area (Å²) in [6.45, 7) is 5.89. The Morgan fingerprint density at radius 1 is 1.65 bits per heavy atom. The third-order valence-electron chi connectivity index (χ3n) is 3.02. The molecule has 1 aromatic heterocycles. The lowest BCUT2D eigenvalue weighted by atomic mass is 10.2. The molecule has 5 heteroatoms. The molecule has 1 unspecified atom stereocenters. The van der Waals surface area contributed by atoms with Crippen LogP contribution >= 0.6 is 11.3 Å². The van der Waals surface area contributed by atoms with Crippen LogP contribution in [0.3, 0.4) is 0 Å². The van der Waals surface area contributed by atoms with Crippen molar-refractivity contribution in [2.75, 3.05) is 31.7 Å². The summed E-state index contributed by atoms with van der Waals surface area (Å²) in [6, 6.07) is 0.498. The fourth-order valence-corrected chi connectivity index (χ4v) is 2.83. The first kappa shape index (κ1) is 12.8. The Balaban J connectivity index is 1.88. The molecule has 0 radical (unpaired) electrons. The van der Waals surface area contributed by atoms with Gasteiger partial charge >= 0.3 is 0 Å². The third kappa shape index (κ3) is 3.40. The topological polar surface area (TPSA) is 37.4 Å². The van der Waals surface area contributed by atoms with Gasteiger partial charge in [-0.15, -0.1) is 11.3 Å². The van der Waals surface area contributed by atoms with Crippen LogP contribution in [0.1, 0.15) is 24.6 Å². The van der Waals surface area contributed by atoms with Crippen molar-refractivity contribution in [1.82, 2.24) is 10.3 Å². The van der Waals surface area contributed by atoms with Crippen molar-refractivity contribution in [3.05, 3.63) is 11.1 Å². The SMILES string of the molecule is CCCNCc1cnc(N(C)C2CCOC2)s1. The van der Waals surface area contributed by atoms with Gasteiger partial charge < -0.3 is 15.0 Å². The molecular formula is C12H21N3OS. The maximum absolute atomic E-state index is 5.41. The van der Waals surface area contributed by atoms with Gasteiger partial charge in [0, 0.05) is 31.3 Å². The number of anilines is 1. The molecule has 17 heavy (non-hydrogen) atoms. The van der Waals surface area contributed by atoms with E-state index in [4.69, 9.17) is 4.74 Å². The number of nitrogens with zero attached hydrogens (tertiary/aromatic N) is 2. The molecule has 4 nitrogen and oxygen atoms in total. The molecule has 1 saturated heterocycles. The van der Waals surface area contributed by atoms with Crippen molar-refractivity contribution in [3.8, 4) is 0 Å². The highest BCUT2D eigenvalue weighted by Crippen LogP contribution is 2.25. The molecule has 2 rings (SSSR count). The summed E-state index contributed by atoms with van der Waals surface area (Å²) in [5.74, 6) is 0. The monoisotopic (exact) mass is 255 g/mol. The number of aromatic nitrogens is 1. The molecule has 2 heterocycles. The van der Waals surface area contributed by atoms with Crippen LogP contribution in [-0.4, -0.2) is 37.8 Å². The first-order valence-corrected chi connectivity index (χ1v) is 7.09. The Morgan fingerprint density at radius 3 is 3.24 bits per heavy atom. The molecular weight excluding hydrogens is 234 g/mol. The molecule has 96 valence electrons. The zero-order chi connectivity index (χ0) is 12.1. The Labute approximate surface area is 107 Å². The number of thiazole rings is 1. The minimum atomic E-state index is 0.498. The minimum absolute atomic E-state index is 0.498. The number of nitrogens with one attached hydrogen (secondary N) is 1. The van der Waals surface area contributed by atoms with Crippen molar-refractivity contribution in [2.45, 2.75) is 32.4 Å². The zero-order valence-electron chi connectivity index (χ0n) is 10.6. The third-order valence-corrected chi connectivity index (χ3v) is 4.11. The number of ether oxygens (including phenoxy) is 1. The van der Waals surface area contributed by atoms with E-state index in [-0.39, 0.29) is 0 Å². The summed E-state index contributed by atoms with van der Waals surface area (Å²) in [6.07, 6.45) is 4.26. The van der Waals surface area contributed by atoms with Gasteiger partial charge in [0.25, 0.3) is 0 Å². The lowest BCUT2D eigenvalue weighted by Crippen LogP contribution is -2.31. The van der Waals surface area contributed by atoms with Gasteiger partial charge in [-0.1, -0.05) is 6.92 Å². The average Bonchev–Trinajstić information content (AvgIpc) is 3.00. The minimum Gasteiger partial charge on any atom is -0.379 e. The Kier molecular flexibility index (Phi) is 4.76. The van der Waals surface area contributed by atoms with E-state index >= 15 is 0 Å². The predicted molar refractivity (Wildman–Crippen MR) is 71.7 cm³/mol. The lowest BCUT2D eigenvalue weighted by Gasteiger charge is -2.21. The number of hydrogen-bond donors (Lipinski definition) is 1. The summed E-state index contributed by atoms with van der Waals surface area (Å²) in [7, 11) is 2.11. The summed E-state index contributed by atoms with van der Waals surface area (Å²) in [4.78, 5) is 8.04. The molecule has 1 N–H and O–H groups in total. The van der Waals surface area contributed by atoms with Crippen LogP contribution < -0.4 is 10.2 Å². The highest BCUT2D eigenvalue weighted by atomic mass is 32.1. The highest BCUT2D eigenvalue weighted by Gasteiger charge is 2.22. The number of likely N-dealkylation sites (N-methyl/N-ethyl adjacent to an activating group) is 1. The molecule has 1 fully saturated rings. The molecule has 1 atom stereocenters. The second-order valence-corrected chi connectivity index (χ2v) is 5.51. The fourth-order valence-electron chi connectivity index (χ4n) is 1.91. The largest absolute Gasteiger partial charge is 0.379 e. The van der Waals surface area contributed by atoms with Gasteiger partial charge in [-0.25, -0.2) is 4.98 Å². The van der Waals surface area contributed by atoms with Crippen molar-refractivity contribution < 1.29 is 4.74 Å². The summed E-state index contributed by atoms with van der Waals surface area (Å²) in [5, 5.41) is 4.51. The van der Waals surface area contributed by atoms with E-state index in [9.17, 15) is 0 Å². The summed E-state index contributed by atoms with van der Waals surface area (Å²) < 4.78 is 5.41. The normalized spacial score (nSPS) is 19.8. The van der Waals surface area contributed by atoms with Gasteiger partial charge in [0.1, 0.15) is 0 Å². The molecule has 1 aliphatic heterocycles. The predicted octanol–water partition coefficient (Wildman–Crippen LogP) is 1.87. The van der Waals surface area contributed by atoms with E-state index in [1.807, 2.05) is 6.20 Å². The number of rotatable bonds is 6. The lowest BCUT2D eigenvalue weighted by molar-refractivity contribution is 0.193. The second-order valence-electron chi connectivity index (χ2n) is 4.41. The molecule has 1 aromatic rings. The maximum atomic E-state index is 5.41. The summed E-state index contributed by atoms with van der Waals surface area (Å²) >= 11 is 1.78. The summed E-state index contributed by atoms with van der Waals surface area (Å²) in [5.41, 5.74) is 0. The Morgan fingerprint density at radius 2 is 2.53 bits per heavy atom. The molecule has 0 aromatic carbocycles. The Hall–Kier alpha value is -0.650. The van der Waals surface area contributed by atoms with Crippen molar-refractivity contribution in [1.29, 1.82) is 0 Å². The van der Waals surface area contributed by atoms with Crippen LogP contribution in [0.4, 0.5) is 5.13 Å². The van der Waals surface area contributed by atoms with Gasteiger partial charge in [-0.3, -0.25) is 0 Å². The van der Waals surface area contributed by atoms with Crippen LogP contribution in [0.5, 0.6) is 0 Å². The smallest absolute Gasteiger partial charge is 0.185 e. The Bertz CT molecular complexity index is 336. The zero-order valence-corrected chi connectivity index (χ0v) is 11.4. The molecule has 0 aliphatic carbocycles. The molecule has 0 saturated carbocycles.